The van der Waals surface area contributed by atoms with Crippen LogP contribution < -0.4 is 5.32 Å². The highest BCUT2D eigenvalue weighted by Crippen LogP contribution is 2.32. The van der Waals surface area contributed by atoms with Crippen molar-refractivity contribution < 1.29 is 4.74 Å². The summed E-state index contributed by atoms with van der Waals surface area (Å²) in [6.07, 6.45) is 3.16. The molecule has 15 heavy (non-hydrogen) atoms. The van der Waals surface area contributed by atoms with E-state index >= 15 is 0 Å². The van der Waals surface area contributed by atoms with Gasteiger partial charge in [0.25, 0.3) is 0 Å². The minimum atomic E-state index is 0.349. The lowest BCUT2D eigenvalue weighted by Gasteiger charge is -2.23. The van der Waals surface area contributed by atoms with Crippen LogP contribution in [0.2, 0.25) is 0 Å². The van der Waals surface area contributed by atoms with Gasteiger partial charge in [0, 0.05) is 19.1 Å². The minimum absolute atomic E-state index is 0.349. The second kappa shape index (κ2) is 6.46. The number of nitrogens with zero attached hydrogens (tertiary/aromatic N) is 1. The SMILES string of the molecule is CNC(CN(C)CCOC(C)C)C1CC1. The van der Waals surface area contributed by atoms with Crippen molar-refractivity contribution in [3.63, 3.8) is 0 Å². The molecule has 1 atom stereocenters. The summed E-state index contributed by atoms with van der Waals surface area (Å²) >= 11 is 0. The molecule has 1 aliphatic rings. The first-order valence-electron chi connectivity index (χ1n) is 6.11. The third-order valence-electron chi connectivity index (χ3n) is 2.99. The van der Waals surface area contributed by atoms with Crippen LogP contribution in [0.15, 0.2) is 0 Å². The Hall–Kier alpha value is -0.120. The van der Waals surface area contributed by atoms with Gasteiger partial charge in [-0.2, -0.15) is 0 Å². The maximum Gasteiger partial charge on any atom is 0.0596 e. The van der Waals surface area contributed by atoms with Crippen molar-refractivity contribution in [1.29, 1.82) is 0 Å². The van der Waals surface area contributed by atoms with Gasteiger partial charge < -0.3 is 15.0 Å². The van der Waals surface area contributed by atoms with Crippen molar-refractivity contribution in [3.8, 4) is 0 Å². The number of likely N-dealkylation sites (N-methyl/N-ethyl adjacent to an activating group) is 2. The van der Waals surface area contributed by atoms with E-state index in [0.29, 0.717) is 12.1 Å². The monoisotopic (exact) mass is 214 g/mol. The highest BCUT2D eigenvalue weighted by atomic mass is 16.5. The Kier molecular flexibility index (Phi) is 5.58. The van der Waals surface area contributed by atoms with E-state index in [2.05, 4.69) is 38.2 Å². The van der Waals surface area contributed by atoms with Crippen LogP contribution in [0, 0.1) is 5.92 Å². The first-order valence-corrected chi connectivity index (χ1v) is 6.11. The standard InChI is InChI=1S/C12H26N2O/c1-10(2)15-8-7-14(4)9-12(13-3)11-5-6-11/h10-13H,5-9H2,1-4H3. The van der Waals surface area contributed by atoms with E-state index in [0.717, 1.165) is 25.6 Å². The number of hydrogen-bond donors (Lipinski definition) is 1. The van der Waals surface area contributed by atoms with Crippen LogP contribution in [0.25, 0.3) is 0 Å². The zero-order valence-corrected chi connectivity index (χ0v) is 10.6. The second-order valence-corrected chi connectivity index (χ2v) is 4.91. The largest absolute Gasteiger partial charge is 0.377 e. The molecule has 1 N–H and O–H groups in total. The van der Waals surface area contributed by atoms with E-state index in [-0.39, 0.29) is 0 Å². The molecule has 1 saturated carbocycles. The van der Waals surface area contributed by atoms with Crippen LogP contribution in [0.3, 0.4) is 0 Å². The van der Waals surface area contributed by atoms with Gasteiger partial charge in [0.15, 0.2) is 0 Å². The first kappa shape index (κ1) is 12.9. The second-order valence-electron chi connectivity index (χ2n) is 4.91. The van der Waals surface area contributed by atoms with E-state index in [1.165, 1.54) is 12.8 Å². The van der Waals surface area contributed by atoms with Gasteiger partial charge in [-0.05, 0) is 46.7 Å². The molecule has 90 valence electrons. The fraction of sp³-hybridized carbons (Fsp3) is 1.00. The Labute approximate surface area is 94.2 Å². The molecule has 1 unspecified atom stereocenters. The van der Waals surface area contributed by atoms with E-state index in [4.69, 9.17) is 4.74 Å². The van der Waals surface area contributed by atoms with E-state index in [1.807, 2.05) is 0 Å². The zero-order valence-electron chi connectivity index (χ0n) is 10.6. The van der Waals surface area contributed by atoms with Crippen LogP contribution in [0.4, 0.5) is 0 Å². The van der Waals surface area contributed by atoms with Gasteiger partial charge in [-0.25, -0.2) is 0 Å². The fourth-order valence-electron chi connectivity index (χ4n) is 1.85. The first-order chi connectivity index (χ1) is 7.13. The predicted octanol–water partition coefficient (Wildman–Crippen LogP) is 1.34. The molecule has 0 heterocycles. The molecule has 0 amide bonds. The van der Waals surface area contributed by atoms with Gasteiger partial charge in [-0.1, -0.05) is 0 Å². The van der Waals surface area contributed by atoms with Crippen LogP contribution in [-0.2, 0) is 4.74 Å². The fourth-order valence-corrected chi connectivity index (χ4v) is 1.85. The quantitative estimate of drug-likeness (QED) is 0.660. The lowest BCUT2D eigenvalue weighted by atomic mass is 10.2. The number of ether oxygens (including phenoxy) is 1. The molecule has 0 aromatic carbocycles. The van der Waals surface area contributed by atoms with E-state index in [1.54, 1.807) is 0 Å². The average Bonchev–Trinajstić information content (AvgIpc) is 2.96. The van der Waals surface area contributed by atoms with Gasteiger partial charge >= 0.3 is 0 Å². The molecule has 1 aliphatic carbocycles. The van der Waals surface area contributed by atoms with Crippen molar-refractivity contribution in [1.82, 2.24) is 10.2 Å². The Balaban J connectivity index is 2.08. The van der Waals surface area contributed by atoms with Gasteiger partial charge in [0.05, 0.1) is 12.7 Å². The zero-order chi connectivity index (χ0) is 11.3. The maximum atomic E-state index is 5.54. The van der Waals surface area contributed by atoms with E-state index in [9.17, 15) is 0 Å². The Bertz CT molecular complexity index is 169. The van der Waals surface area contributed by atoms with Crippen LogP contribution in [-0.4, -0.2) is 50.8 Å². The van der Waals surface area contributed by atoms with Crippen LogP contribution in [0.5, 0.6) is 0 Å². The minimum Gasteiger partial charge on any atom is -0.377 e. The van der Waals surface area contributed by atoms with E-state index < -0.39 is 0 Å². The average molecular weight is 214 g/mol. The van der Waals surface area contributed by atoms with Gasteiger partial charge in [0.1, 0.15) is 0 Å². The van der Waals surface area contributed by atoms with Gasteiger partial charge in [-0.15, -0.1) is 0 Å². The van der Waals surface area contributed by atoms with Crippen molar-refractivity contribution in [2.75, 3.05) is 33.8 Å². The van der Waals surface area contributed by atoms with Crippen molar-refractivity contribution in [2.24, 2.45) is 5.92 Å². The van der Waals surface area contributed by atoms with Gasteiger partial charge in [-0.3, -0.25) is 0 Å². The molecule has 1 fully saturated rings. The summed E-state index contributed by atoms with van der Waals surface area (Å²) in [4.78, 5) is 2.36. The van der Waals surface area contributed by atoms with Crippen molar-refractivity contribution >= 4 is 0 Å². The lowest BCUT2D eigenvalue weighted by molar-refractivity contribution is 0.0620. The Morgan fingerprint density at radius 1 is 1.40 bits per heavy atom. The predicted molar refractivity (Wildman–Crippen MR) is 64.2 cm³/mol. The molecule has 0 radical (unpaired) electrons. The summed E-state index contributed by atoms with van der Waals surface area (Å²) in [5, 5.41) is 3.41. The highest BCUT2D eigenvalue weighted by Gasteiger charge is 2.30. The summed E-state index contributed by atoms with van der Waals surface area (Å²) in [6, 6.07) is 0.675. The smallest absolute Gasteiger partial charge is 0.0596 e. The summed E-state index contributed by atoms with van der Waals surface area (Å²) in [6.45, 7) is 7.18. The van der Waals surface area contributed by atoms with Crippen LogP contribution in [0.1, 0.15) is 26.7 Å². The van der Waals surface area contributed by atoms with Crippen molar-refractivity contribution in [3.05, 3.63) is 0 Å². The molecule has 0 aromatic heterocycles. The topological polar surface area (TPSA) is 24.5 Å². The highest BCUT2D eigenvalue weighted by molar-refractivity contribution is 4.87. The Morgan fingerprint density at radius 3 is 2.53 bits per heavy atom. The number of nitrogens with one attached hydrogen (secondary N) is 1. The van der Waals surface area contributed by atoms with Crippen LogP contribution >= 0.6 is 0 Å². The molecule has 0 aromatic rings. The molecular weight excluding hydrogens is 188 g/mol. The number of hydrogen-bond acceptors (Lipinski definition) is 3. The molecule has 3 nitrogen and oxygen atoms in total. The summed E-state index contributed by atoms with van der Waals surface area (Å²) in [5.74, 6) is 0.920. The molecule has 3 heteroatoms. The summed E-state index contributed by atoms with van der Waals surface area (Å²) in [7, 11) is 4.25. The molecule has 1 rings (SSSR count). The molecular formula is C12H26N2O. The third kappa shape index (κ3) is 5.50. The lowest BCUT2D eigenvalue weighted by Crippen LogP contribution is -2.40. The maximum absolute atomic E-state index is 5.54. The normalized spacial score (nSPS) is 18.8. The molecule has 0 bridgehead atoms. The van der Waals surface area contributed by atoms with Crippen molar-refractivity contribution in [2.45, 2.75) is 38.8 Å². The molecule has 0 spiro atoms. The summed E-state index contributed by atoms with van der Waals surface area (Å²) < 4.78 is 5.54. The molecule has 0 aliphatic heterocycles. The Morgan fingerprint density at radius 2 is 2.07 bits per heavy atom. The molecule has 0 saturated heterocycles. The summed E-state index contributed by atoms with van der Waals surface area (Å²) in [5.41, 5.74) is 0. The third-order valence-corrected chi connectivity index (χ3v) is 2.99. The number of rotatable bonds is 8. The van der Waals surface area contributed by atoms with Gasteiger partial charge in [0.2, 0.25) is 0 Å².